The van der Waals surface area contributed by atoms with Gasteiger partial charge in [-0.25, -0.2) is 4.98 Å². The summed E-state index contributed by atoms with van der Waals surface area (Å²) in [6.07, 6.45) is 5.93. The molecule has 6 heteroatoms. The predicted molar refractivity (Wildman–Crippen MR) is 90.6 cm³/mol. The molecule has 1 aliphatic carbocycles. The van der Waals surface area contributed by atoms with Crippen molar-refractivity contribution in [3.63, 3.8) is 0 Å². The second kappa shape index (κ2) is 6.71. The van der Waals surface area contributed by atoms with Gasteiger partial charge in [-0.1, -0.05) is 31.4 Å². The Morgan fingerprint density at radius 3 is 2.96 bits per heavy atom. The number of fused-ring (bicyclic) bond motifs is 1. The summed E-state index contributed by atoms with van der Waals surface area (Å²) in [7, 11) is 0. The van der Waals surface area contributed by atoms with E-state index in [1.165, 1.54) is 17.3 Å². The second-order valence-corrected chi connectivity index (χ2v) is 6.71. The molecule has 0 saturated heterocycles. The molecular weight excluding hydrogens is 314 g/mol. The fraction of sp³-hybridized carbons (Fsp3) is 0.471. The Hall–Kier alpha value is -1.88. The summed E-state index contributed by atoms with van der Waals surface area (Å²) in [6, 6.07) is 5.18. The third kappa shape index (κ3) is 3.55. The standard InChI is InChI=1S/C17H20ClN3O2/c1-11-4-2-3-5-14(11)20-16(22)9-21-10-19-15-7-6-12(18)8-13(15)17(21)23/h6-8,10-11,14H,2-5,9H2,1H3,(H,20,22)/t11-,14+/m1/s1. The lowest BCUT2D eigenvalue weighted by Crippen LogP contribution is -2.43. The van der Waals surface area contributed by atoms with Crippen molar-refractivity contribution < 1.29 is 4.79 Å². The average molecular weight is 334 g/mol. The molecule has 2 aromatic rings. The molecule has 1 aromatic carbocycles. The number of benzene rings is 1. The molecule has 1 amide bonds. The number of carbonyl (C=O) groups is 1. The van der Waals surface area contributed by atoms with Gasteiger partial charge in [-0.15, -0.1) is 0 Å². The van der Waals surface area contributed by atoms with Crippen LogP contribution in [-0.4, -0.2) is 21.5 Å². The molecule has 1 saturated carbocycles. The van der Waals surface area contributed by atoms with Gasteiger partial charge >= 0.3 is 0 Å². The van der Waals surface area contributed by atoms with Crippen LogP contribution in [0, 0.1) is 5.92 Å². The van der Waals surface area contributed by atoms with Gasteiger partial charge < -0.3 is 5.32 Å². The van der Waals surface area contributed by atoms with E-state index in [2.05, 4.69) is 17.2 Å². The fourth-order valence-corrected chi connectivity index (χ4v) is 3.35. The van der Waals surface area contributed by atoms with E-state index in [9.17, 15) is 9.59 Å². The second-order valence-electron chi connectivity index (χ2n) is 6.27. The Labute approximate surface area is 139 Å². The van der Waals surface area contributed by atoms with E-state index in [0.717, 1.165) is 19.3 Å². The van der Waals surface area contributed by atoms with E-state index < -0.39 is 0 Å². The summed E-state index contributed by atoms with van der Waals surface area (Å²) in [5, 5.41) is 3.96. The summed E-state index contributed by atoms with van der Waals surface area (Å²) in [6.45, 7) is 2.15. The fourth-order valence-electron chi connectivity index (χ4n) is 3.18. The molecule has 23 heavy (non-hydrogen) atoms. The van der Waals surface area contributed by atoms with E-state index in [0.29, 0.717) is 21.8 Å². The molecular formula is C17H20ClN3O2. The molecule has 0 unspecified atom stereocenters. The van der Waals surface area contributed by atoms with Crippen molar-refractivity contribution in [3.8, 4) is 0 Å². The number of rotatable bonds is 3. The SMILES string of the molecule is C[C@@H]1CCCC[C@@H]1NC(=O)Cn1cnc2ccc(Cl)cc2c1=O. The first-order chi connectivity index (χ1) is 11.0. The zero-order valence-corrected chi connectivity index (χ0v) is 13.8. The van der Waals surface area contributed by atoms with Gasteiger partial charge in [0.25, 0.3) is 5.56 Å². The van der Waals surface area contributed by atoms with E-state index >= 15 is 0 Å². The quantitative estimate of drug-likeness (QED) is 0.939. The molecule has 2 atom stereocenters. The molecule has 1 heterocycles. The van der Waals surface area contributed by atoms with Crippen LogP contribution in [-0.2, 0) is 11.3 Å². The summed E-state index contributed by atoms with van der Waals surface area (Å²) in [4.78, 5) is 28.9. The molecule has 0 radical (unpaired) electrons. The molecule has 1 N–H and O–H groups in total. The number of halogens is 1. The maximum Gasteiger partial charge on any atom is 0.261 e. The minimum absolute atomic E-state index is 0.0164. The number of nitrogens with zero attached hydrogens (tertiary/aromatic N) is 2. The molecule has 0 spiro atoms. The monoisotopic (exact) mass is 333 g/mol. The average Bonchev–Trinajstić information content (AvgIpc) is 2.53. The summed E-state index contributed by atoms with van der Waals surface area (Å²) >= 11 is 5.94. The number of amides is 1. The molecule has 0 aliphatic heterocycles. The van der Waals surface area contributed by atoms with Crippen LogP contribution in [0.4, 0.5) is 0 Å². The predicted octanol–water partition coefficient (Wildman–Crippen LogP) is 2.74. The minimum Gasteiger partial charge on any atom is -0.352 e. The molecule has 0 bridgehead atoms. The summed E-state index contributed by atoms with van der Waals surface area (Å²) < 4.78 is 1.33. The Bertz CT molecular complexity index is 787. The van der Waals surface area contributed by atoms with E-state index in [1.807, 2.05) is 0 Å². The van der Waals surface area contributed by atoms with E-state index in [4.69, 9.17) is 11.6 Å². The van der Waals surface area contributed by atoms with Crippen LogP contribution >= 0.6 is 11.6 Å². The highest BCUT2D eigenvalue weighted by Crippen LogP contribution is 2.23. The first-order valence-electron chi connectivity index (χ1n) is 7.98. The van der Waals surface area contributed by atoms with Gasteiger partial charge in [-0.05, 0) is 37.0 Å². The lowest BCUT2D eigenvalue weighted by molar-refractivity contribution is -0.123. The van der Waals surface area contributed by atoms with Crippen LogP contribution in [0.15, 0.2) is 29.3 Å². The number of aromatic nitrogens is 2. The van der Waals surface area contributed by atoms with Crippen LogP contribution in [0.2, 0.25) is 5.02 Å². The molecule has 122 valence electrons. The smallest absolute Gasteiger partial charge is 0.261 e. The van der Waals surface area contributed by atoms with Crippen LogP contribution in [0.25, 0.3) is 10.9 Å². The van der Waals surface area contributed by atoms with Crippen LogP contribution in [0.5, 0.6) is 0 Å². The third-order valence-electron chi connectivity index (χ3n) is 4.56. The van der Waals surface area contributed by atoms with Crippen molar-refractivity contribution in [2.24, 2.45) is 5.92 Å². The Kier molecular flexibility index (Phi) is 4.66. The largest absolute Gasteiger partial charge is 0.352 e. The normalized spacial score (nSPS) is 21.3. The maximum absolute atomic E-state index is 12.5. The van der Waals surface area contributed by atoms with Gasteiger partial charge in [0.05, 0.1) is 17.2 Å². The molecule has 1 fully saturated rings. The first kappa shape index (κ1) is 16.0. The number of carbonyl (C=O) groups excluding carboxylic acids is 1. The number of nitrogens with one attached hydrogen (secondary N) is 1. The van der Waals surface area contributed by atoms with Crippen molar-refractivity contribution in [2.45, 2.75) is 45.2 Å². The number of hydrogen-bond donors (Lipinski definition) is 1. The highest BCUT2D eigenvalue weighted by Gasteiger charge is 2.23. The lowest BCUT2D eigenvalue weighted by Gasteiger charge is -2.29. The van der Waals surface area contributed by atoms with Gasteiger partial charge in [-0.2, -0.15) is 0 Å². The van der Waals surface area contributed by atoms with Gasteiger partial charge in [0.2, 0.25) is 5.91 Å². The highest BCUT2D eigenvalue weighted by atomic mass is 35.5. The van der Waals surface area contributed by atoms with Gasteiger partial charge in [-0.3, -0.25) is 14.2 Å². The van der Waals surface area contributed by atoms with Gasteiger partial charge in [0, 0.05) is 11.1 Å². The van der Waals surface area contributed by atoms with Crippen molar-refractivity contribution >= 4 is 28.4 Å². The summed E-state index contributed by atoms with van der Waals surface area (Å²) in [5.41, 5.74) is 0.335. The molecule has 1 aliphatic rings. The zero-order valence-electron chi connectivity index (χ0n) is 13.1. The summed E-state index contributed by atoms with van der Waals surface area (Å²) in [5.74, 6) is 0.340. The van der Waals surface area contributed by atoms with Crippen molar-refractivity contribution in [3.05, 3.63) is 39.9 Å². The van der Waals surface area contributed by atoms with Crippen molar-refractivity contribution in [1.82, 2.24) is 14.9 Å². The Balaban J connectivity index is 1.77. The topological polar surface area (TPSA) is 64.0 Å². The lowest BCUT2D eigenvalue weighted by atomic mass is 9.86. The van der Waals surface area contributed by atoms with Crippen LogP contribution in [0.1, 0.15) is 32.6 Å². The molecule has 5 nitrogen and oxygen atoms in total. The van der Waals surface area contributed by atoms with Crippen LogP contribution < -0.4 is 10.9 Å². The van der Waals surface area contributed by atoms with E-state index in [1.54, 1.807) is 18.2 Å². The molecule has 3 rings (SSSR count). The zero-order chi connectivity index (χ0) is 16.4. The first-order valence-corrected chi connectivity index (χ1v) is 8.36. The highest BCUT2D eigenvalue weighted by molar-refractivity contribution is 6.31. The minimum atomic E-state index is -0.246. The third-order valence-corrected chi connectivity index (χ3v) is 4.79. The van der Waals surface area contributed by atoms with Gasteiger partial charge in [0.15, 0.2) is 0 Å². The Morgan fingerprint density at radius 2 is 2.17 bits per heavy atom. The number of hydrogen-bond acceptors (Lipinski definition) is 3. The van der Waals surface area contributed by atoms with Crippen LogP contribution in [0.3, 0.4) is 0 Å². The van der Waals surface area contributed by atoms with Crippen molar-refractivity contribution in [1.29, 1.82) is 0 Å². The molecule has 1 aromatic heterocycles. The van der Waals surface area contributed by atoms with E-state index in [-0.39, 0.29) is 24.1 Å². The maximum atomic E-state index is 12.5. The van der Waals surface area contributed by atoms with Gasteiger partial charge in [0.1, 0.15) is 6.54 Å². The van der Waals surface area contributed by atoms with Crippen molar-refractivity contribution in [2.75, 3.05) is 0 Å². The Morgan fingerprint density at radius 1 is 1.39 bits per heavy atom.